The van der Waals surface area contributed by atoms with Gasteiger partial charge in [0, 0.05) is 31.5 Å². The van der Waals surface area contributed by atoms with Crippen molar-refractivity contribution >= 4 is 46.6 Å². The number of nitrogens with one attached hydrogen (secondary N) is 2. The smallest absolute Gasteiger partial charge is 1.00 e. The second-order valence-corrected chi connectivity index (χ2v) is 11.2. The number of morpholine rings is 1. The summed E-state index contributed by atoms with van der Waals surface area (Å²) in [5.74, 6) is -0.0181. The van der Waals surface area contributed by atoms with Gasteiger partial charge in [-0.05, 0) is 29.5 Å². The largest absolute Gasteiger partial charge is 2.00 e. The van der Waals surface area contributed by atoms with Gasteiger partial charge in [0.1, 0.15) is 6.04 Å². The predicted molar refractivity (Wildman–Crippen MR) is 182 cm³/mol. The molecule has 3 amide bonds. The molecule has 0 spiro atoms. The second kappa shape index (κ2) is 19.9. The van der Waals surface area contributed by atoms with Gasteiger partial charge >= 0.3 is 23.1 Å². The standard InChI is InChI=1S/C17H15NO2.C12H9.C9H14N2O3.BrH.Mg/c19-16-11-10-15(18-16)17(20)14-8-6-13(7-9-14)12-4-2-1-3-5-12;1-3-7-11(8-4-1)12-9-5-2-6-10-12;12-8-2-1-7(10-8)9(13)11-3-5-14-6-4-11;;/h1-9,15H,10-11H2,(H,18,19);1,3-10H;7H,1-6H2,(H,10,12);1H;/q;-1;;;+2/p-1. The number of ketones is 1. The average molecular weight is 721 g/mol. The van der Waals surface area contributed by atoms with Gasteiger partial charge in [-0.15, -0.1) is 5.56 Å². The number of carbonyl (C=O) groups is 4. The first-order valence-electron chi connectivity index (χ1n) is 15.6. The van der Waals surface area contributed by atoms with Crippen LogP contribution in [0.3, 0.4) is 0 Å². The summed E-state index contributed by atoms with van der Waals surface area (Å²) in [6.07, 6.45) is 2.15. The molecule has 3 heterocycles. The van der Waals surface area contributed by atoms with Crippen molar-refractivity contribution in [1.29, 1.82) is 0 Å². The van der Waals surface area contributed by atoms with Gasteiger partial charge in [0.2, 0.25) is 17.7 Å². The molecule has 0 saturated carbocycles. The fraction of sp³-hybridized carbons (Fsp3) is 0.263. The molecule has 3 aliphatic rings. The minimum absolute atomic E-state index is 0. The van der Waals surface area contributed by atoms with E-state index in [9.17, 15) is 19.2 Å². The molecule has 0 bridgehead atoms. The number of carbonyl (C=O) groups excluding carboxylic acids is 4. The normalized spacial score (nSPS) is 17.9. The molecule has 3 aliphatic heterocycles. The number of halogens is 1. The summed E-state index contributed by atoms with van der Waals surface area (Å²) in [7, 11) is 0. The molecule has 2 unspecified atom stereocenters. The molecular formula is C38H38BrMgN3O5. The van der Waals surface area contributed by atoms with Crippen LogP contribution in [0.15, 0.2) is 109 Å². The van der Waals surface area contributed by atoms with Crippen LogP contribution in [0.25, 0.3) is 22.3 Å². The predicted octanol–water partition coefficient (Wildman–Crippen LogP) is 1.72. The van der Waals surface area contributed by atoms with Crippen molar-refractivity contribution < 1.29 is 40.9 Å². The molecular weight excluding hydrogens is 683 g/mol. The van der Waals surface area contributed by atoms with Crippen LogP contribution in [-0.2, 0) is 19.1 Å². The Morgan fingerprint density at radius 3 is 1.58 bits per heavy atom. The summed E-state index contributed by atoms with van der Waals surface area (Å²) in [5.41, 5.74) is 5.36. The van der Waals surface area contributed by atoms with E-state index in [-0.39, 0.29) is 75.6 Å². The fourth-order valence-electron chi connectivity index (χ4n) is 5.48. The van der Waals surface area contributed by atoms with Crippen LogP contribution in [0.5, 0.6) is 0 Å². The summed E-state index contributed by atoms with van der Waals surface area (Å²) < 4.78 is 5.15. The van der Waals surface area contributed by atoms with Crippen molar-refractivity contribution in [2.45, 2.75) is 37.8 Å². The maximum Gasteiger partial charge on any atom is 2.00 e. The summed E-state index contributed by atoms with van der Waals surface area (Å²) in [6, 6.07) is 38.3. The van der Waals surface area contributed by atoms with Crippen molar-refractivity contribution in [3.63, 3.8) is 0 Å². The molecule has 3 saturated heterocycles. The van der Waals surface area contributed by atoms with Crippen molar-refractivity contribution in [3.05, 3.63) is 121 Å². The number of Topliss-reactive ketones (excluding diaryl/α,β-unsaturated/α-hetero) is 1. The van der Waals surface area contributed by atoms with Gasteiger partial charge in [-0.3, -0.25) is 19.2 Å². The van der Waals surface area contributed by atoms with Gasteiger partial charge in [-0.25, -0.2) is 0 Å². The van der Waals surface area contributed by atoms with E-state index in [4.69, 9.17) is 4.74 Å². The quantitative estimate of drug-likeness (QED) is 0.186. The molecule has 4 aromatic carbocycles. The average Bonchev–Trinajstić information content (AvgIpc) is 3.78. The molecule has 2 atom stereocenters. The minimum Gasteiger partial charge on any atom is -1.00 e. The zero-order valence-corrected chi connectivity index (χ0v) is 29.8. The number of hydrogen-bond acceptors (Lipinski definition) is 5. The number of amides is 3. The van der Waals surface area contributed by atoms with Crippen LogP contribution in [0.2, 0.25) is 0 Å². The van der Waals surface area contributed by atoms with Crippen LogP contribution >= 0.6 is 0 Å². The Morgan fingerprint density at radius 2 is 1.10 bits per heavy atom. The third kappa shape index (κ3) is 11.1. The van der Waals surface area contributed by atoms with Crippen LogP contribution in [0, 0.1) is 6.07 Å². The van der Waals surface area contributed by atoms with Crippen LogP contribution < -0.4 is 27.6 Å². The number of hydrogen-bond donors (Lipinski definition) is 2. The van der Waals surface area contributed by atoms with E-state index in [1.54, 1.807) is 4.90 Å². The zero-order chi connectivity index (χ0) is 32.1. The van der Waals surface area contributed by atoms with Gasteiger partial charge in [0.15, 0.2) is 5.78 Å². The fourth-order valence-corrected chi connectivity index (χ4v) is 5.48. The molecule has 3 fully saturated rings. The van der Waals surface area contributed by atoms with Crippen LogP contribution in [-0.4, -0.2) is 89.8 Å². The number of nitrogens with zero attached hydrogens (tertiary/aromatic N) is 1. The molecule has 7 rings (SSSR count). The monoisotopic (exact) mass is 719 g/mol. The summed E-state index contributed by atoms with van der Waals surface area (Å²) in [5, 5.41) is 5.39. The van der Waals surface area contributed by atoms with Crippen molar-refractivity contribution in [3.8, 4) is 22.3 Å². The first kappa shape index (κ1) is 38.6. The molecule has 244 valence electrons. The minimum atomic E-state index is -0.356. The van der Waals surface area contributed by atoms with Crippen molar-refractivity contribution in [2.24, 2.45) is 0 Å². The Labute approximate surface area is 308 Å². The van der Waals surface area contributed by atoms with Crippen LogP contribution in [0.4, 0.5) is 0 Å². The van der Waals surface area contributed by atoms with Crippen LogP contribution in [0.1, 0.15) is 36.0 Å². The molecule has 10 heteroatoms. The van der Waals surface area contributed by atoms with Gasteiger partial charge in [0.25, 0.3) is 0 Å². The Morgan fingerprint density at radius 1 is 0.646 bits per heavy atom. The summed E-state index contributed by atoms with van der Waals surface area (Å²) in [6.45, 7) is 2.50. The van der Waals surface area contributed by atoms with Crippen molar-refractivity contribution in [1.82, 2.24) is 15.5 Å². The topological polar surface area (TPSA) is 105 Å². The van der Waals surface area contributed by atoms with E-state index < -0.39 is 0 Å². The molecule has 48 heavy (non-hydrogen) atoms. The number of ether oxygens (including phenoxy) is 1. The van der Waals surface area contributed by atoms with Crippen molar-refractivity contribution in [2.75, 3.05) is 26.3 Å². The molecule has 2 N–H and O–H groups in total. The third-order valence-electron chi connectivity index (χ3n) is 8.03. The van der Waals surface area contributed by atoms with E-state index in [2.05, 4.69) is 41.0 Å². The molecule has 0 aromatic heterocycles. The van der Waals surface area contributed by atoms with Gasteiger partial charge in [-0.2, -0.15) is 30.3 Å². The second-order valence-electron chi connectivity index (χ2n) is 11.2. The molecule has 0 radical (unpaired) electrons. The Hall–Kier alpha value is -3.83. The SMILES string of the molecule is O=C1CCC(C(=O)N2CCOCC2)N1.O=C1CCC(C(=O)c2ccc(-c3ccccc3)cc2)N1.[Br-].[Mg+2].[c-]1ccc(-c2ccccc2)cc1. The van der Waals surface area contributed by atoms with Gasteiger partial charge in [0.05, 0.1) is 19.3 Å². The molecule has 0 aliphatic carbocycles. The Bertz CT molecular complexity index is 1560. The zero-order valence-electron chi connectivity index (χ0n) is 26.8. The first-order chi connectivity index (χ1) is 22.5. The Balaban J connectivity index is 0.000000199. The third-order valence-corrected chi connectivity index (χ3v) is 8.03. The van der Waals surface area contributed by atoms with E-state index in [0.29, 0.717) is 57.6 Å². The number of rotatable bonds is 5. The summed E-state index contributed by atoms with van der Waals surface area (Å²) in [4.78, 5) is 47.9. The van der Waals surface area contributed by atoms with E-state index in [1.165, 1.54) is 11.1 Å². The maximum atomic E-state index is 12.2. The van der Waals surface area contributed by atoms with E-state index >= 15 is 0 Å². The Kier molecular flexibility index (Phi) is 16.0. The summed E-state index contributed by atoms with van der Waals surface area (Å²) >= 11 is 0. The molecule has 4 aromatic rings. The first-order valence-corrected chi connectivity index (χ1v) is 15.6. The van der Waals surface area contributed by atoms with Gasteiger partial charge in [-0.1, -0.05) is 84.9 Å². The number of benzene rings is 4. The van der Waals surface area contributed by atoms with E-state index in [0.717, 1.165) is 11.1 Å². The van der Waals surface area contributed by atoms with Gasteiger partial charge < -0.3 is 37.3 Å². The molecule has 8 nitrogen and oxygen atoms in total. The van der Waals surface area contributed by atoms with E-state index in [1.807, 2.05) is 84.9 Å². The maximum absolute atomic E-state index is 12.2.